The van der Waals surface area contributed by atoms with Crippen LogP contribution in [-0.4, -0.2) is 43.4 Å². The molecule has 0 bridgehead atoms. The number of carbonyl (C=O) groups is 1. The van der Waals surface area contributed by atoms with Gasteiger partial charge in [0.25, 0.3) is 5.91 Å². The van der Waals surface area contributed by atoms with Gasteiger partial charge in [-0.25, -0.2) is 17.8 Å². The van der Waals surface area contributed by atoms with E-state index in [2.05, 4.69) is 10.3 Å². The van der Waals surface area contributed by atoms with Crippen LogP contribution in [0.25, 0.3) is 0 Å². The van der Waals surface area contributed by atoms with Gasteiger partial charge in [-0.15, -0.1) is 0 Å². The molecule has 2 heterocycles. The Balaban J connectivity index is 1.81. The molecule has 8 heteroatoms. The van der Waals surface area contributed by atoms with Gasteiger partial charge in [0.05, 0.1) is 17.2 Å². The van der Waals surface area contributed by atoms with Gasteiger partial charge < -0.3 is 10.2 Å². The van der Waals surface area contributed by atoms with Gasteiger partial charge in [0.1, 0.15) is 11.6 Å². The summed E-state index contributed by atoms with van der Waals surface area (Å²) in [6.07, 6.45) is 2.04. The van der Waals surface area contributed by atoms with E-state index in [1.165, 1.54) is 18.3 Å². The van der Waals surface area contributed by atoms with Crippen molar-refractivity contribution in [1.82, 2.24) is 4.98 Å². The van der Waals surface area contributed by atoms with Crippen LogP contribution in [-0.2, 0) is 9.84 Å². The third kappa shape index (κ3) is 4.01. The van der Waals surface area contributed by atoms with Gasteiger partial charge in [0.2, 0.25) is 0 Å². The van der Waals surface area contributed by atoms with Crippen molar-refractivity contribution in [2.24, 2.45) is 0 Å². The van der Waals surface area contributed by atoms with E-state index in [0.717, 1.165) is 0 Å². The molecule has 1 atom stereocenters. The number of aromatic nitrogens is 1. The molecule has 26 heavy (non-hydrogen) atoms. The summed E-state index contributed by atoms with van der Waals surface area (Å²) in [6, 6.07) is 8.93. The first-order valence-electron chi connectivity index (χ1n) is 8.38. The predicted molar refractivity (Wildman–Crippen MR) is 98.7 cm³/mol. The van der Waals surface area contributed by atoms with Crippen molar-refractivity contribution < 1.29 is 17.6 Å². The highest BCUT2D eigenvalue weighted by Gasteiger charge is 2.32. The molecule has 3 rings (SSSR count). The minimum atomic E-state index is -3.02. The third-order valence-electron chi connectivity index (χ3n) is 4.41. The lowest BCUT2D eigenvalue weighted by atomic mass is 10.2. The van der Waals surface area contributed by atoms with Crippen LogP contribution in [0.2, 0.25) is 0 Å². The van der Waals surface area contributed by atoms with Crippen LogP contribution >= 0.6 is 0 Å². The Hall–Kier alpha value is -2.48. The number of hydrogen-bond acceptors (Lipinski definition) is 5. The lowest BCUT2D eigenvalue weighted by molar-refractivity contribution is 0.102. The summed E-state index contributed by atoms with van der Waals surface area (Å²) in [5, 5.41) is 2.54. The predicted octanol–water partition coefficient (Wildman–Crippen LogP) is 2.49. The number of nitrogens with one attached hydrogen (secondary N) is 1. The molecular formula is C18H20FN3O3S. The summed E-state index contributed by atoms with van der Waals surface area (Å²) >= 11 is 0. The number of anilines is 2. The van der Waals surface area contributed by atoms with Crippen molar-refractivity contribution in [2.45, 2.75) is 19.4 Å². The maximum Gasteiger partial charge on any atom is 0.255 e. The molecule has 1 N–H and O–H groups in total. The van der Waals surface area contributed by atoms with Gasteiger partial charge in [-0.3, -0.25) is 4.79 Å². The van der Waals surface area contributed by atoms with Crippen molar-refractivity contribution in [3.63, 3.8) is 0 Å². The van der Waals surface area contributed by atoms with Crippen LogP contribution in [0.4, 0.5) is 15.9 Å². The average Bonchev–Trinajstić information content (AvgIpc) is 2.97. The first-order valence-corrected chi connectivity index (χ1v) is 10.2. The zero-order chi connectivity index (χ0) is 18.7. The van der Waals surface area contributed by atoms with Gasteiger partial charge in [-0.1, -0.05) is 12.1 Å². The summed E-state index contributed by atoms with van der Waals surface area (Å²) in [6.45, 7) is 2.49. The molecule has 1 aromatic carbocycles. The lowest BCUT2D eigenvalue weighted by Crippen LogP contribution is -2.36. The first-order chi connectivity index (χ1) is 12.4. The lowest BCUT2D eigenvalue weighted by Gasteiger charge is -2.28. The number of amides is 1. The average molecular weight is 377 g/mol. The Labute approximate surface area is 152 Å². The van der Waals surface area contributed by atoms with E-state index < -0.39 is 21.6 Å². The molecule has 1 amide bonds. The number of rotatable bonds is 5. The highest BCUT2D eigenvalue weighted by molar-refractivity contribution is 7.91. The third-order valence-corrected chi connectivity index (χ3v) is 6.16. The highest BCUT2D eigenvalue weighted by atomic mass is 32.2. The highest BCUT2D eigenvalue weighted by Crippen LogP contribution is 2.24. The Morgan fingerprint density at radius 2 is 2.12 bits per heavy atom. The Morgan fingerprint density at radius 1 is 1.35 bits per heavy atom. The quantitative estimate of drug-likeness (QED) is 0.866. The van der Waals surface area contributed by atoms with Crippen molar-refractivity contribution in [3.8, 4) is 0 Å². The van der Waals surface area contributed by atoms with Gasteiger partial charge in [0.15, 0.2) is 9.84 Å². The van der Waals surface area contributed by atoms with E-state index in [0.29, 0.717) is 24.3 Å². The molecule has 138 valence electrons. The fraction of sp³-hybridized carbons (Fsp3) is 0.333. The molecule has 6 nitrogen and oxygen atoms in total. The number of benzene rings is 1. The Kier molecular flexibility index (Phi) is 5.22. The Bertz CT molecular complexity index is 917. The molecule has 1 saturated heterocycles. The molecule has 0 saturated carbocycles. The van der Waals surface area contributed by atoms with E-state index in [9.17, 15) is 17.6 Å². The molecule has 1 aliphatic rings. The van der Waals surface area contributed by atoms with E-state index in [1.54, 1.807) is 24.3 Å². The van der Waals surface area contributed by atoms with Crippen LogP contribution in [0.3, 0.4) is 0 Å². The molecule has 2 aromatic rings. The molecule has 1 aliphatic heterocycles. The number of carbonyl (C=O) groups excluding carboxylic acids is 1. The van der Waals surface area contributed by atoms with Crippen molar-refractivity contribution in [3.05, 3.63) is 54.0 Å². The second-order valence-corrected chi connectivity index (χ2v) is 8.41. The van der Waals surface area contributed by atoms with Gasteiger partial charge >= 0.3 is 0 Å². The largest absolute Gasteiger partial charge is 0.353 e. The number of pyridine rings is 1. The van der Waals surface area contributed by atoms with Crippen molar-refractivity contribution in [1.29, 1.82) is 0 Å². The number of hydrogen-bond donors (Lipinski definition) is 1. The van der Waals surface area contributed by atoms with Gasteiger partial charge in [0, 0.05) is 24.3 Å². The minimum absolute atomic E-state index is 0.0914. The van der Waals surface area contributed by atoms with E-state index in [1.807, 2.05) is 11.8 Å². The number of sulfone groups is 1. The van der Waals surface area contributed by atoms with E-state index in [4.69, 9.17) is 0 Å². The topological polar surface area (TPSA) is 79.4 Å². The fourth-order valence-corrected chi connectivity index (χ4v) is 4.83. The van der Waals surface area contributed by atoms with Crippen LogP contribution in [0.15, 0.2) is 42.6 Å². The van der Waals surface area contributed by atoms with Crippen LogP contribution in [0.5, 0.6) is 0 Å². The summed E-state index contributed by atoms with van der Waals surface area (Å²) in [5.74, 6) is -0.165. The summed E-state index contributed by atoms with van der Waals surface area (Å²) < 4.78 is 37.2. The molecule has 0 radical (unpaired) electrons. The zero-order valence-corrected chi connectivity index (χ0v) is 15.2. The SMILES string of the molecule is CCN(c1cc(C(=O)Nc2ccccc2F)ccn1)C1CCS(=O)(=O)C1. The smallest absolute Gasteiger partial charge is 0.255 e. The molecule has 1 fully saturated rings. The summed E-state index contributed by atoms with van der Waals surface area (Å²) in [7, 11) is -3.02. The second kappa shape index (κ2) is 7.41. The standard InChI is InChI=1S/C18H20FN3O3S/c1-2-22(14-8-10-26(24,25)12-14)17-11-13(7-9-20-17)18(23)21-16-6-4-3-5-15(16)19/h3-7,9,11,14H,2,8,10,12H2,1H3,(H,21,23). The van der Waals surface area contributed by atoms with Crippen LogP contribution < -0.4 is 10.2 Å². The molecule has 1 aromatic heterocycles. The maximum absolute atomic E-state index is 13.7. The molecule has 0 aliphatic carbocycles. The Morgan fingerprint density at radius 3 is 2.77 bits per heavy atom. The summed E-state index contributed by atoms with van der Waals surface area (Å²) in [5.41, 5.74) is 0.433. The van der Waals surface area contributed by atoms with Gasteiger partial charge in [-0.05, 0) is 37.6 Å². The maximum atomic E-state index is 13.7. The summed E-state index contributed by atoms with van der Waals surface area (Å²) in [4.78, 5) is 18.6. The fourth-order valence-electron chi connectivity index (χ4n) is 3.10. The van der Waals surface area contributed by atoms with Crippen molar-refractivity contribution >= 4 is 27.2 Å². The van der Waals surface area contributed by atoms with E-state index >= 15 is 0 Å². The van der Waals surface area contributed by atoms with Gasteiger partial charge in [-0.2, -0.15) is 0 Å². The first kappa shape index (κ1) is 18.3. The number of halogens is 1. The molecule has 0 spiro atoms. The van der Waals surface area contributed by atoms with Crippen LogP contribution in [0, 0.1) is 5.82 Å². The normalized spacial score (nSPS) is 18.5. The molecular weight excluding hydrogens is 357 g/mol. The number of nitrogens with zero attached hydrogens (tertiary/aromatic N) is 2. The van der Waals surface area contributed by atoms with Crippen LogP contribution in [0.1, 0.15) is 23.7 Å². The monoisotopic (exact) mass is 377 g/mol. The number of para-hydroxylation sites is 1. The second-order valence-electron chi connectivity index (χ2n) is 6.18. The molecule has 1 unspecified atom stereocenters. The zero-order valence-electron chi connectivity index (χ0n) is 14.4. The van der Waals surface area contributed by atoms with E-state index in [-0.39, 0.29) is 23.2 Å². The van der Waals surface area contributed by atoms with Crippen molar-refractivity contribution in [2.75, 3.05) is 28.3 Å². The minimum Gasteiger partial charge on any atom is -0.353 e.